The second-order valence-corrected chi connectivity index (χ2v) is 4.86. The van der Waals surface area contributed by atoms with Crippen LogP contribution in [-0.2, 0) is 16.6 Å². The van der Waals surface area contributed by atoms with Crippen molar-refractivity contribution in [3.8, 4) is 5.75 Å². The van der Waals surface area contributed by atoms with Gasteiger partial charge < -0.3 is 14.0 Å². The SMILES string of the molecule is COC(=O)CCOc1cn(C)c2ccc(Br)cc12. The number of fused-ring (bicyclic) bond motifs is 1. The molecule has 2 aromatic rings. The highest BCUT2D eigenvalue weighted by Crippen LogP contribution is 2.30. The van der Waals surface area contributed by atoms with Gasteiger partial charge in [-0.05, 0) is 18.2 Å². The fourth-order valence-electron chi connectivity index (χ4n) is 1.79. The number of hydrogen-bond acceptors (Lipinski definition) is 3. The first-order valence-corrected chi connectivity index (χ1v) is 6.35. The highest BCUT2D eigenvalue weighted by molar-refractivity contribution is 9.10. The molecular weight excluding hydrogens is 298 g/mol. The standard InChI is InChI=1S/C13H14BrNO3/c1-15-8-12(18-6-5-13(16)17-2)10-7-9(14)3-4-11(10)15/h3-4,7-8H,5-6H2,1-2H3. The van der Waals surface area contributed by atoms with Crippen LogP contribution in [0.1, 0.15) is 6.42 Å². The van der Waals surface area contributed by atoms with Gasteiger partial charge >= 0.3 is 5.97 Å². The fourth-order valence-corrected chi connectivity index (χ4v) is 2.15. The van der Waals surface area contributed by atoms with E-state index < -0.39 is 0 Å². The van der Waals surface area contributed by atoms with Crippen molar-refractivity contribution in [2.45, 2.75) is 6.42 Å². The van der Waals surface area contributed by atoms with Crippen molar-refractivity contribution in [2.24, 2.45) is 7.05 Å². The molecule has 1 heterocycles. The maximum Gasteiger partial charge on any atom is 0.308 e. The van der Waals surface area contributed by atoms with E-state index in [-0.39, 0.29) is 12.4 Å². The Labute approximate surface area is 114 Å². The number of hydrogen-bond donors (Lipinski definition) is 0. The van der Waals surface area contributed by atoms with E-state index in [2.05, 4.69) is 20.7 Å². The van der Waals surface area contributed by atoms with Crippen LogP contribution in [0, 0.1) is 0 Å². The quantitative estimate of drug-likeness (QED) is 0.815. The van der Waals surface area contributed by atoms with Gasteiger partial charge in [0.1, 0.15) is 5.75 Å². The summed E-state index contributed by atoms with van der Waals surface area (Å²) in [6, 6.07) is 6.01. The molecule has 0 amide bonds. The first kappa shape index (κ1) is 13.0. The summed E-state index contributed by atoms with van der Waals surface area (Å²) in [6.07, 6.45) is 2.16. The third-order valence-corrected chi connectivity index (χ3v) is 3.20. The lowest BCUT2D eigenvalue weighted by Gasteiger charge is -2.03. The van der Waals surface area contributed by atoms with E-state index in [9.17, 15) is 4.79 Å². The topological polar surface area (TPSA) is 40.5 Å². The van der Waals surface area contributed by atoms with Crippen LogP contribution in [0.4, 0.5) is 0 Å². The molecule has 0 fully saturated rings. The molecule has 0 N–H and O–H groups in total. The molecule has 5 heteroatoms. The summed E-state index contributed by atoms with van der Waals surface area (Å²) in [4.78, 5) is 11.0. The molecule has 96 valence electrons. The van der Waals surface area contributed by atoms with E-state index in [1.807, 2.05) is 36.0 Å². The molecule has 0 aliphatic rings. The number of aryl methyl sites for hydroxylation is 1. The molecule has 4 nitrogen and oxygen atoms in total. The largest absolute Gasteiger partial charge is 0.491 e. The van der Waals surface area contributed by atoms with Gasteiger partial charge in [0.25, 0.3) is 0 Å². The lowest BCUT2D eigenvalue weighted by atomic mass is 10.2. The van der Waals surface area contributed by atoms with E-state index in [0.29, 0.717) is 6.61 Å². The maximum atomic E-state index is 11.0. The number of nitrogens with zero attached hydrogens (tertiary/aromatic N) is 1. The molecule has 0 saturated carbocycles. The first-order chi connectivity index (χ1) is 8.61. The normalized spacial score (nSPS) is 10.6. The van der Waals surface area contributed by atoms with E-state index in [4.69, 9.17) is 4.74 Å². The Morgan fingerprint density at radius 2 is 2.22 bits per heavy atom. The molecule has 2 rings (SSSR count). The summed E-state index contributed by atoms with van der Waals surface area (Å²) >= 11 is 3.44. The summed E-state index contributed by atoms with van der Waals surface area (Å²) in [5.41, 5.74) is 1.09. The van der Waals surface area contributed by atoms with Gasteiger partial charge in [0.15, 0.2) is 0 Å². The Morgan fingerprint density at radius 3 is 2.94 bits per heavy atom. The second kappa shape index (κ2) is 5.44. The molecule has 0 aliphatic carbocycles. The molecule has 1 aromatic carbocycles. The summed E-state index contributed by atoms with van der Waals surface area (Å²) in [5.74, 6) is 0.508. The smallest absolute Gasteiger partial charge is 0.308 e. The fraction of sp³-hybridized carbons (Fsp3) is 0.308. The van der Waals surface area contributed by atoms with Gasteiger partial charge in [-0.2, -0.15) is 0 Å². The zero-order valence-electron chi connectivity index (χ0n) is 10.3. The molecule has 0 spiro atoms. The van der Waals surface area contributed by atoms with Gasteiger partial charge in [-0.1, -0.05) is 15.9 Å². The van der Waals surface area contributed by atoms with Gasteiger partial charge in [-0.25, -0.2) is 0 Å². The lowest BCUT2D eigenvalue weighted by Crippen LogP contribution is -2.07. The van der Waals surface area contributed by atoms with Crippen molar-refractivity contribution in [3.05, 3.63) is 28.9 Å². The van der Waals surface area contributed by atoms with Gasteiger partial charge in [0.05, 0.1) is 25.7 Å². The third kappa shape index (κ3) is 2.67. The average Bonchev–Trinajstić information content (AvgIpc) is 2.65. The van der Waals surface area contributed by atoms with E-state index >= 15 is 0 Å². The second-order valence-electron chi connectivity index (χ2n) is 3.94. The van der Waals surface area contributed by atoms with Crippen LogP contribution >= 0.6 is 15.9 Å². The van der Waals surface area contributed by atoms with Crippen LogP contribution in [0.2, 0.25) is 0 Å². The van der Waals surface area contributed by atoms with Crippen LogP contribution in [0.25, 0.3) is 10.9 Å². The monoisotopic (exact) mass is 311 g/mol. The van der Waals surface area contributed by atoms with Gasteiger partial charge in [0, 0.05) is 23.1 Å². The van der Waals surface area contributed by atoms with Crippen LogP contribution in [-0.4, -0.2) is 24.3 Å². The Bertz CT molecular complexity index is 577. The Hall–Kier alpha value is -1.49. The van der Waals surface area contributed by atoms with E-state index in [0.717, 1.165) is 21.1 Å². The number of esters is 1. The minimum atomic E-state index is -0.267. The van der Waals surface area contributed by atoms with Gasteiger partial charge in [0.2, 0.25) is 0 Å². The van der Waals surface area contributed by atoms with Crippen LogP contribution in [0.15, 0.2) is 28.9 Å². The number of rotatable bonds is 4. The molecule has 0 atom stereocenters. The Kier molecular flexibility index (Phi) is 3.91. The van der Waals surface area contributed by atoms with Crippen molar-refractivity contribution in [2.75, 3.05) is 13.7 Å². The highest BCUT2D eigenvalue weighted by Gasteiger charge is 2.09. The van der Waals surface area contributed by atoms with Crippen LogP contribution < -0.4 is 4.74 Å². The van der Waals surface area contributed by atoms with E-state index in [1.165, 1.54) is 7.11 Å². The summed E-state index contributed by atoms with van der Waals surface area (Å²) in [6.45, 7) is 0.318. The molecule has 18 heavy (non-hydrogen) atoms. The van der Waals surface area contributed by atoms with Crippen molar-refractivity contribution in [3.63, 3.8) is 0 Å². The molecule has 1 aromatic heterocycles. The first-order valence-electron chi connectivity index (χ1n) is 5.56. The predicted molar refractivity (Wildman–Crippen MR) is 72.7 cm³/mol. The lowest BCUT2D eigenvalue weighted by molar-refractivity contribution is -0.141. The number of benzene rings is 1. The van der Waals surface area contributed by atoms with E-state index in [1.54, 1.807) is 0 Å². The van der Waals surface area contributed by atoms with Gasteiger partial charge in [-0.3, -0.25) is 4.79 Å². The number of carbonyl (C=O) groups is 1. The number of carbonyl (C=O) groups excluding carboxylic acids is 1. The molecule has 0 bridgehead atoms. The zero-order chi connectivity index (χ0) is 13.1. The number of halogens is 1. The Balaban J connectivity index is 2.18. The number of aromatic nitrogens is 1. The molecule has 0 unspecified atom stereocenters. The minimum Gasteiger partial charge on any atom is -0.491 e. The van der Waals surface area contributed by atoms with Crippen molar-refractivity contribution in [1.82, 2.24) is 4.57 Å². The van der Waals surface area contributed by atoms with Crippen molar-refractivity contribution < 1.29 is 14.3 Å². The van der Waals surface area contributed by atoms with Crippen molar-refractivity contribution in [1.29, 1.82) is 0 Å². The zero-order valence-corrected chi connectivity index (χ0v) is 11.9. The molecule has 0 saturated heterocycles. The molecule has 0 aliphatic heterocycles. The van der Waals surface area contributed by atoms with Crippen LogP contribution in [0.5, 0.6) is 5.75 Å². The summed E-state index contributed by atoms with van der Waals surface area (Å²) in [7, 11) is 3.33. The van der Waals surface area contributed by atoms with Gasteiger partial charge in [-0.15, -0.1) is 0 Å². The Morgan fingerprint density at radius 1 is 1.44 bits per heavy atom. The third-order valence-electron chi connectivity index (χ3n) is 2.71. The highest BCUT2D eigenvalue weighted by atomic mass is 79.9. The van der Waals surface area contributed by atoms with Crippen LogP contribution in [0.3, 0.4) is 0 Å². The maximum absolute atomic E-state index is 11.0. The summed E-state index contributed by atoms with van der Waals surface area (Å²) < 4.78 is 13.2. The average molecular weight is 312 g/mol. The molecule has 0 radical (unpaired) electrons. The summed E-state index contributed by atoms with van der Waals surface area (Å²) in [5, 5.41) is 1.02. The van der Waals surface area contributed by atoms with Crippen molar-refractivity contribution >= 4 is 32.8 Å². The number of ether oxygens (including phenoxy) is 2. The molecular formula is C13H14BrNO3. The minimum absolute atomic E-state index is 0.251. The number of methoxy groups -OCH3 is 1. The predicted octanol–water partition coefficient (Wildman–Crippen LogP) is 2.88.